The van der Waals surface area contributed by atoms with E-state index in [0.717, 1.165) is 0 Å². The lowest BCUT2D eigenvalue weighted by atomic mass is 9.95. The molecule has 1 amide bonds. The number of hydrogen-bond donors (Lipinski definition) is 1. The van der Waals surface area contributed by atoms with Crippen LogP contribution in [0.1, 0.15) is 34.5 Å². The van der Waals surface area contributed by atoms with Gasteiger partial charge in [0.1, 0.15) is 17.3 Å². The highest BCUT2D eigenvalue weighted by Gasteiger charge is 2.47. The fourth-order valence-electron chi connectivity index (χ4n) is 3.94. The van der Waals surface area contributed by atoms with Gasteiger partial charge in [0.15, 0.2) is 0 Å². The molecular weight excluding hydrogens is 453 g/mol. The minimum atomic E-state index is -1.02. The summed E-state index contributed by atoms with van der Waals surface area (Å²) in [5.74, 6) is -2.57. The number of aliphatic hydroxyl groups is 1. The number of aliphatic hydroxyl groups excluding tert-OH is 1. The highest BCUT2D eigenvalue weighted by atomic mass is 19.1. The first kappa shape index (κ1) is 23.7. The zero-order chi connectivity index (χ0) is 25.1. The van der Waals surface area contributed by atoms with Gasteiger partial charge in [-0.3, -0.25) is 14.5 Å². The van der Waals surface area contributed by atoms with Crippen LogP contribution in [0.15, 0.2) is 78.4 Å². The molecule has 0 spiro atoms. The number of rotatable bonds is 6. The second kappa shape index (κ2) is 9.80. The molecule has 1 saturated heterocycles. The molecule has 1 aliphatic heterocycles. The zero-order valence-corrected chi connectivity index (χ0v) is 19.0. The summed E-state index contributed by atoms with van der Waals surface area (Å²) in [5.41, 5.74) is 1.21. The van der Waals surface area contributed by atoms with Crippen molar-refractivity contribution in [3.05, 3.63) is 101 Å². The Bertz CT molecular complexity index is 1300. The van der Waals surface area contributed by atoms with Crippen LogP contribution in [0.2, 0.25) is 0 Å². The van der Waals surface area contributed by atoms with Gasteiger partial charge in [0.25, 0.3) is 11.7 Å². The molecule has 35 heavy (non-hydrogen) atoms. The molecule has 3 aromatic rings. The van der Waals surface area contributed by atoms with Crippen LogP contribution in [0.25, 0.3) is 5.76 Å². The van der Waals surface area contributed by atoms with Crippen LogP contribution in [-0.2, 0) is 14.3 Å². The van der Waals surface area contributed by atoms with Crippen LogP contribution in [-0.4, -0.2) is 36.5 Å². The maximum Gasteiger partial charge on any atom is 0.338 e. The minimum Gasteiger partial charge on any atom is -0.507 e. The van der Waals surface area contributed by atoms with E-state index < -0.39 is 29.5 Å². The molecule has 1 fully saturated rings. The van der Waals surface area contributed by atoms with Gasteiger partial charge < -0.3 is 14.6 Å². The number of Topliss-reactive ketones (excluding diaryl/α,β-unsaturated/α-hetero) is 1. The van der Waals surface area contributed by atoms with Crippen LogP contribution in [0.3, 0.4) is 0 Å². The number of anilines is 1. The van der Waals surface area contributed by atoms with Gasteiger partial charge in [-0.2, -0.15) is 0 Å². The summed E-state index contributed by atoms with van der Waals surface area (Å²) in [7, 11) is 1.50. The number of ketones is 1. The molecule has 7 nitrogen and oxygen atoms in total. The summed E-state index contributed by atoms with van der Waals surface area (Å²) < 4.78 is 23.8. The normalized spacial score (nSPS) is 16.9. The Hall–Kier alpha value is -4.46. The van der Waals surface area contributed by atoms with Gasteiger partial charge in [-0.05, 0) is 73.2 Å². The van der Waals surface area contributed by atoms with E-state index in [0.29, 0.717) is 22.6 Å². The van der Waals surface area contributed by atoms with Crippen molar-refractivity contribution in [1.29, 1.82) is 0 Å². The van der Waals surface area contributed by atoms with Crippen molar-refractivity contribution in [3.8, 4) is 5.75 Å². The monoisotopic (exact) mass is 475 g/mol. The van der Waals surface area contributed by atoms with Crippen LogP contribution in [0.4, 0.5) is 10.1 Å². The lowest BCUT2D eigenvalue weighted by molar-refractivity contribution is -0.132. The first-order chi connectivity index (χ1) is 16.8. The van der Waals surface area contributed by atoms with Crippen molar-refractivity contribution in [2.24, 2.45) is 0 Å². The molecule has 1 N–H and O–H groups in total. The fraction of sp³-hybridized carbons (Fsp3) is 0.148. The minimum absolute atomic E-state index is 0.138. The van der Waals surface area contributed by atoms with Crippen molar-refractivity contribution in [1.82, 2.24) is 0 Å². The molecule has 0 bridgehead atoms. The average Bonchev–Trinajstić information content (AvgIpc) is 3.14. The van der Waals surface area contributed by atoms with Crippen LogP contribution in [0, 0.1) is 5.82 Å². The Morgan fingerprint density at radius 1 is 0.943 bits per heavy atom. The number of methoxy groups -OCH3 is 1. The summed E-state index contributed by atoms with van der Waals surface area (Å²) in [6.45, 7) is 1.91. The third-order valence-corrected chi connectivity index (χ3v) is 5.65. The third-order valence-electron chi connectivity index (χ3n) is 5.65. The molecule has 4 rings (SSSR count). The Labute approximate surface area is 201 Å². The van der Waals surface area contributed by atoms with Gasteiger partial charge in [-0.15, -0.1) is 0 Å². The number of carbonyl (C=O) groups excluding carboxylic acids is 3. The maximum atomic E-state index is 13.7. The van der Waals surface area contributed by atoms with E-state index in [-0.39, 0.29) is 23.5 Å². The Kier molecular flexibility index (Phi) is 6.64. The highest BCUT2D eigenvalue weighted by Crippen LogP contribution is 2.42. The smallest absolute Gasteiger partial charge is 0.338 e. The van der Waals surface area contributed by atoms with E-state index in [9.17, 15) is 23.9 Å². The Morgan fingerprint density at radius 2 is 1.54 bits per heavy atom. The van der Waals surface area contributed by atoms with Crippen molar-refractivity contribution < 1.29 is 33.4 Å². The van der Waals surface area contributed by atoms with Crippen molar-refractivity contribution in [3.63, 3.8) is 0 Å². The number of ether oxygens (including phenoxy) is 2. The van der Waals surface area contributed by atoms with E-state index in [1.807, 2.05) is 0 Å². The predicted molar refractivity (Wildman–Crippen MR) is 127 cm³/mol. The molecule has 8 heteroatoms. The van der Waals surface area contributed by atoms with Gasteiger partial charge in [0.05, 0.1) is 30.9 Å². The number of hydrogen-bond acceptors (Lipinski definition) is 6. The van der Waals surface area contributed by atoms with E-state index in [2.05, 4.69) is 0 Å². The number of carbonyl (C=O) groups is 3. The SMILES string of the molecule is CCOC(=O)c1ccc(N2C(=O)C(=O)/C(=C(/O)c3ccc(OC)cc3)[C@@H]2c2ccc(F)cc2)cc1. The van der Waals surface area contributed by atoms with Crippen LogP contribution < -0.4 is 9.64 Å². The molecule has 0 unspecified atom stereocenters. The molecule has 3 aromatic carbocycles. The lowest BCUT2D eigenvalue weighted by Crippen LogP contribution is -2.29. The summed E-state index contributed by atoms with van der Waals surface area (Å²) in [6.07, 6.45) is 0. The number of amides is 1. The summed E-state index contributed by atoms with van der Waals surface area (Å²) in [6, 6.07) is 16.7. The van der Waals surface area contributed by atoms with E-state index in [1.54, 1.807) is 31.2 Å². The first-order valence-electron chi connectivity index (χ1n) is 10.8. The van der Waals surface area contributed by atoms with Gasteiger partial charge in [-0.1, -0.05) is 12.1 Å². The highest BCUT2D eigenvalue weighted by molar-refractivity contribution is 6.51. The molecular formula is C27H22FNO6. The average molecular weight is 475 g/mol. The molecule has 178 valence electrons. The molecule has 0 aromatic heterocycles. The van der Waals surface area contributed by atoms with Gasteiger partial charge in [0, 0.05) is 11.3 Å². The number of benzene rings is 3. The molecule has 0 aliphatic carbocycles. The Balaban J connectivity index is 1.84. The van der Waals surface area contributed by atoms with Gasteiger partial charge >= 0.3 is 5.97 Å². The van der Waals surface area contributed by atoms with Crippen LogP contribution in [0.5, 0.6) is 5.75 Å². The number of esters is 1. The van der Waals surface area contributed by atoms with Crippen molar-refractivity contribution in [2.75, 3.05) is 18.6 Å². The predicted octanol–water partition coefficient (Wildman–Crippen LogP) is 4.64. The lowest BCUT2D eigenvalue weighted by Gasteiger charge is -2.25. The second-order valence-electron chi connectivity index (χ2n) is 7.72. The maximum absolute atomic E-state index is 13.7. The van der Waals surface area contributed by atoms with Gasteiger partial charge in [0.2, 0.25) is 0 Å². The van der Waals surface area contributed by atoms with Crippen LogP contribution >= 0.6 is 0 Å². The molecule has 0 radical (unpaired) electrons. The third kappa shape index (κ3) is 4.50. The number of halogens is 1. The topological polar surface area (TPSA) is 93.1 Å². The summed E-state index contributed by atoms with van der Waals surface area (Å²) in [5, 5.41) is 11.1. The number of nitrogens with zero attached hydrogens (tertiary/aromatic N) is 1. The van der Waals surface area contributed by atoms with E-state index in [4.69, 9.17) is 9.47 Å². The quantitative estimate of drug-likeness (QED) is 0.242. The molecule has 1 heterocycles. The van der Waals surface area contributed by atoms with E-state index in [1.165, 1.54) is 60.5 Å². The Morgan fingerprint density at radius 3 is 2.11 bits per heavy atom. The molecule has 1 atom stereocenters. The fourth-order valence-corrected chi connectivity index (χ4v) is 3.94. The summed E-state index contributed by atoms with van der Waals surface area (Å²) in [4.78, 5) is 39.6. The van der Waals surface area contributed by atoms with Crippen molar-refractivity contribution >= 4 is 29.1 Å². The zero-order valence-electron chi connectivity index (χ0n) is 19.0. The van der Waals surface area contributed by atoms with E-state index >= 15 is 0 Å². The second-order valence-corrected chi connectivity index (χ2v) is 7.72. The van der Waals surface area contributed by atoms with Crippen molar-refractivity contribution in [2.45, 2.75) is 13.0 Å². The first-order valence-corrected chi connectivity index (χ1v) is 10.8. The summed E-state index contributed by atoms with van der Waals surface area (Å²) >= 11 is 0. The molecule has 1 aliphatic rings. The standard InChI is InChI=1S/C27H22FNO6/c1-3-35-27(33)18-6-12-20(13-7-18)29-23(16-4-10-19(28)11-5-16)22(25(31)26(29)32)24(30)17-8-14-21(34-2)15-9-17/h4-15,23,30H,3H2,1-2H3/b24-22+/t23-/m0/s1. The van der Waals surface area contributed by atoms with Gasteiger partial charge in [-0.25, -0.2) is 9.18 Å². The largest absolute Gasteiger partial charge is 0.507 e. The molecule has 0 saturated carbocycles.